The van der Waals surface area contributed by atoms with Gasteiger partial charge in [0.05, 0.1) is 28.4 Å². The number of fused-ring (bicyclic) bond motifs is 1. The van der Waals surface area contributed by atoms with Crippen LogP contribution < -0.4 is 11.0 Å². The van der Waals surface area contributed by atoms with Crippen LogP contribution in [-0.2, 0) is 0 Å². The molecule has 3 N–H and O–H groups in total. The number of nitrogens with zero attached hydrogens (tertiary/aromatic N) is 3. The van der Waals surface area contributed by atoms with Gasteiger partial charge < -0.3 is 5.32 Å². The van der Waals surface area contributed by atoms with E-state index in [4.69, 9.17) is 0 Å². The van der Waals surface area contributed by atoms with Crippen LogP contribution in [0.25, 0.3) is 16.7 Å². The maximum absolute atomic E-state index is 13.3. The molecule has 1 fully saturated rings. The van der Waals surface area contributed by atoms with Gasteiger partial charge >= 0.3 is 5.69 Å². The zero-order chi connectivity index (χ0) is 24.0. The second-order valence-electron chi connectivity index (χ2n) is 9.17. The highest BCUT2D eigenvalue weighted by Gasteiger charge is 2.35. The van der Waals surface area contributed by atoms with Crippen LogP contribution in [0.2, 0.25) is 0 Å². The first kappa shape index (κ1) is 23.1. The first-order valence-corrected chi connectivity index (χ1v) is 12.8. The zero-order valence-corrected chi connectivity index (χ0v) is 19.7. The molecule has 0 unspecified atom stereocenters. The van der Waals surface area contributed by atoms with Crippen LogP contribution in [0.4, 0.5) is 0 Å². The van der Waals surface area contributed by atoms with Crippen LogP contribution >= 0.6 is 10.6 Å². The van der Waals surface area contributed by atoms with Crippen molar-refractivity contribution in [2.45, 2.75) is 45.2 Å². The monoisotopic (exact) mass is 468 g/mol. The molecule has 1 aromatic heterocycles. The van der Waals surface area contributed by atoms with Crippen molar-refractivity contribution < 1.29 is 13.9 Å². The van der Waals surface area contributed by atoms with Crippen molar-refractivity contribution in [3.05, 3.63) is 64.1 Å². The molecule has 9 heteroatoms. The minimum atomic E-state index is -2.54. The van der Waals surface area contributed by atoms with Crippen LogP contribution in [0.15, 0.2) is 47.3 Å². The van der Waals surface area contributed by atoms with Gasteiger partial charge in [0.1, 0.15) is 0 Å². The maximum Gasteiger partial charge on any atom is 0.333 e. The Kier molecular flexibility index (Phi) is 5.86. The van der Waals surface area contributed by atoms with Gasteiger partial charge in [-0.05, 0) is 70.0 Å². The maximum atomic E-state index is 13.3. The van der Waals surface area contributed by atoms with E-state index in [2.05, 4.69) is 11.4 Å². The van der Waals surface area contributed by atoms with Gasteiger partial charge in [0.25, 0.3) is 5.91 Å². The summed E-state index contributed by atoms with van der Waals surface area (Å²) in [5, 5.41) is 12.3. The van der Waals surface area contributed by atoms with Crippen LogP contribution in [-0.4, -0.2) is 41.2 Å². The molecule has 0 atom stereocenters. The number of benzene rings is 2. The molecule has 0 saturated carbocycles. The van der Waals surface area contributed by atoms with Crippen molar-refractivity contribution in [3.8, 4) is 11.8 Å². The molecule has 1 aliphatic heterocycles. The average Bonchev–Trinajstić information content (AvgIpc) is 3.07. The minimum absolute atomic E-state index is 0.139. The second-order valence-corrected chi connectivity index (χ2v) is 11.6. The van der Waals surface area contributed by atoms with Gasteiger partial charge in [-0.25, -0.2) is 4.79 Å². The fourth-order valence-corrected chi connectivity index (χ4v) is 6.06. The summed E-state index contributed by atoms with van der Waals surface area (Å²) in [4.78, 5) is 26.4. The normalized spacial score (nSPS) is 18.1. The summed E-state index contributed by atoms with van der Waals surface area (Å²) in [6.45, 7) is 5.73. The van der Waals surface area contributed by atoms with Crippen LogP contribution in [0.1, 0.15) is 55.6 Å². The highest BCUT2D eigenvalue weighted by atomic mass is 32.3. The summed E-state index contributed by atoms with van der Waals surface area (Å²) < 4.78 is 23.0. The van der Waals surface area contributed by atoms with Gasteiger partial charge in [0.15, 0.2) is 0 Å². The largest absolute Gasteiger partial charge is 0.347 e. The number of nitrogens with one attached hydrogen (secondary N) is 1. The Morgan fingerprint density at radius 2 is 1.85 bits per heavy atom. The molecule has 2 aromatic carbocycles. The molecule has 33 heavy (non-hydrogen) atoms. The highest BCUT2D eigenvalue weighted by Crippen LogP contribution is 2.46. The molecule has 0 spiro atoms. The van der Waals surface area contributed by atoms with E-state index in [0.29, 0.717) is 40.7 Å². The van der Waals surface area contributed by atoms with Crippen molar-refractivity contribution >= 4 is 27.5 Å². The molecule has 1 amide bonds. The molecular weight excluding hydrogens is 440 g/mol. The molecule has 1 saturated heterocycles. The van der Waals surface area contributed by atoms with Crippen LogP contribution in [0.5, 0.6) is 0 Å². The van der Waals surface area contributed by atoms with Crippen LogP contribution in [0.3, 0.4) is 0 Å². The molecule has 0 bridgehead atoms. The van der Waals surface area contributed by atoms with Gasteiger partial charge in [-0.2, -0.15) is 15.9 Å². The quantitative estimate of drug-likeness (QED) is 0.528. The Labute approximate surface area is 193 Å². The first-order valence-electron chi connectivity index (χ1n) is 10.9. The average molecular weight is 469 g/mol. The van der Waals surface area contributed by atoms with Gasteiger partial charge in [-0.1, -0.05) is 6.07 Å². The lowest BCUT2D eigenvalue weighted by molar-refractivity contribution is 0.0898. The number of carbonyl (C=O) groups excluding carboxylic acids is 1. The molecule has 1 aliphatic rings. The molecule has 174 valence electrons. The van der Waals surface area contributed by atoms with E-state index in [-0.39, 0.29) is 29.1 Å². The van der Waals surface area contributed by atoms with Gasteiger partial charge in [-0.15, -0.1) is 0 Å². The number of hydrogen-bond acceptors (Lipinski definition) is 5. The Morgan fingerprint density at radius 1 is 1.15 bits per heavy atom. The lowest BCUT2D eigenvalue weighted by atomic mass is 9.94. The topological polar surface area (TPSA) is 120 Å². The van der Waals surface area contributed by atoms with E-state index in [9.17, 15) is 24.0 Å². The summed E-state index contributed by atoms with van der Waals surface area (Å²) in [7, 11) is -2.54. The fraction of sp³-hybridized carbons (Fsp3) is 0.375. The third-order valence-corrected chi connectivity index (χ3v) is 7.98. The van der Waals surface area contributed by atoms with E-state index in [1.165, 1.54) is 0 Å². The number of imidazole rings is 1. The molecular formula is C24H28N4O4S. The van der Waals surface area contributed by atoms with E-state index in [1.807, 2.05) is 20.8 Å². The molecule has 0 aliphatic carbocycles. The molecule has 4 rings (SSSR count). The first-order chi connectivity index (χ1) is 15.5. The fourth-order valence-electron chi connectivity index (χ4n) is 4.30. The van der Waals surface area contributed by atoms with Crippen molar-refractivity contribution in [2.24, 2.45) is 0 Å². The van der Waals surface area contributed by atoms with Crippen molar-refractivity contribution in [2.75, 3.05) is 11.5 Å². The second kappa shape index (κ2) is 8.37. The summed E-state index contributed by atoms with van der Waals surface area (Å²) in [6.07, 6.45) is 0.983. The van der Waals surface area contributed by atoms with Gasteiger partial charge in [0, 0.05) is 28.6 Å². The number of hydrogen-bond donors (Lipinski definition) is 3. The van der Waals surface area contributed by atoms with Gasteiger partial charge in [-0.3, -0.25) is 23.0 Å². The number of carbonyl (C=O) groups is 1. The Balaban J connectivity index is 1.75. The van der Waals surface area contributed by atoms with Crippen molar-refractivity contribution in [3.63, 3.8) is 0 Å². The van der Waals surface area contributed by atoms with E-state index >= 15 is 0 Å². The molecule has 2 heterocycles. The SMILES string of the molecule is CC(C)n1c(=O)n(-c2cccc(C#N)c2)c2ccc(C(=O)NC3(C)CCS(O)(O)CC3)cc21. The standard InChI is InChI=1S/C24H28N4O4S/c1-16(2)27-21-14-18(22(29)26-24(3)9-11-33(31,32)12-10-24)7-8-20(21)28(23(27)30)19-6-4-5-17(13-19)15-25/h4-8,13-14,16,31-32H,9-12H2,1-3H3,(H,26,29). The Bertz CT molecular complexity index is 1320. The molecule has 0 radical (unpaired) electrons. The minimum Gasteiger partial charge on any atom is -0.347 e. The van der Waals surface area contributed by atoms with Crippen LogP contribution in [0, 0.1) is 11.3 Å². The Morgan fingerprint density at radius 3 is 2.48 bits per heavy atom. The lowest BCUT2D eigenvalue weighted by Gasteiger charge is -2.44. The van der Waals surface area contributed by atoms with Gasteiger partial charge in [0.2, 0.25) is 0 Å². The number of nitriles is 1. The summed E-state index contributed by atoms with van der Waals surface area (Å²) in [6, 6.07) is 14.0. The molecule has 3 aromatic rings. The van der Waals surface area contributed by atoms with E-state index in [0.717, 1.165) is 0 Å². The third-order valence-electron chi connectivity index (χ3n) is 6.26. The third kappa shape index (κ3) is 4.42. The predicted molar refractivity (Wildman–Crippen MR) is 130 cm³/mol. The van der Waals surface area contributed by atoms with E-state index in [1.54, 1.807) is 51.6 Å². The number of rotatable bonds is 4. The summed E-state index contributed by atoms with van der Waals surface area (Å²) in [5.41, 5.74) is 2.00. The molecule has 8 nitrogen and oxygen atoms in total. The smallest absolute Gasteiger partial charge is 0.333 e. The van der Waals surface area contributed by atoms with E-state index < -0.39 is 16.1 Å². The number of aromatic nitrogens is 2. The Hall–Kier alpha value is -3.06. The lowest BCUT2D eigenvalue weighted by Crippen LogP contribution is -2.50. The number of amides is 1. The van der Waals surface area contributed by atoms with Crippen molar-refractivity contribution in [1.82, 2.24) is 14.5 Å². The summed E-state index contributed by atoms with van der Waals surface area (Å²) in [5.74, 6) is 0.292. The van der Waals surface area contributed by atoms with Crippen molar-refractivity contribution in [1.29, 1.82) is 5.26 Å². The predicted octanol–water partition coefficient (Wildman–Crippen LogP) is 4.28. The highest BCUT2D eigenvalue weighted by molar-refractivity contribution is 8.24. The summed E-state index contributed by atoms with van der Waals surface area (Å²) >= 11 is 0. The zero-order valence-electron chi connectivity index (χ0n) is 18.9.